The van der Waals surface area contributed by atoms with Crippen LogP contribution in [-0.4, -0.2) is 30.8 Å². The second-order valence-corrected chi connectivity index (χ2v) is 6.43. The average Bonchev–Trinajstić information content (AvgIpc) is 3.14. The highest BCUT2D eigenvalue weighted by atomic mass is 19.1. The molecule has 4 rings (SSSR count). The van der Waals surface area contributed by atoms with Crippen molar-refractivity contribution in [1.29, 1.82) is 0 Å². The number of nitrogens with zero attached hydrogens (tertiary/aromatic N) is 4. The van der Waals surface area contributed by atoms with Gasteiger partial charge in [-0.3, -0.25) is 4.79 Å². The molecule has 0 unspecified atom stereocenters. The highest BCUT2D eigenvalue weighted by molar-refractivity contribution is 5.95. The molecule has 158 valence electrons. The summed E-state index contributed by atoms with van der Waals surface area (Å²) in [6.07, 6.45) is 0.448. The number of nitrogen functional groups attached to an aromatic ring is 1. The van der Waals surface area contributed by atoms with Crippen LogP contribution in [0.2, 0.25) is 0 Å². The normalized spacial score (nSPS) is 12.2. The molecule has 4 N–H and O–H groups in total. The van der Waals surface area contributed by atoms with Crippen LogP contribution in [0.5, 0.6) is 0 Å². The number of aliphatic hydroxyl groups excluding tert-OH is 1. The van der Waals surface area contributed by atoms with Crippen LogP contribution in [0, 0.1) is 23.3 Å². The molecule has 8 nitrogen and oxygen atoms in total. The number of hydrogen-bond acceptors (Lipinski definition) is 6. The van der Waals surface area contributed by atoms with Gasteiger partial charge in [0.05, 0.1) is 11.9 Å². The molecule has 1 amide bonds. The number of halogens is 4. The minimum Gasteiger partial charge on any atom is -0.382 e. The highest BCUT2D eigenvalue weighted by Gasteiger charge is 2.22. The van der Waals surface area contributed by atoms with E-state index < -0.39 is 46.5 Å². The topological polar surface area (TPSA) is 119 Å². The molecule has 2 aromatic heterocycles. The van der Waals surface area contributed by atoms with Gasteiger partial charge < -0.3 is 16.2 Å². The van der Waals surface area contributed by atoms with Crippen molar-refractivity contribution >= 4 is 28.4 Å². The Bertz CT molecular complexity index is 1310. The van der Waals surface area contributed by atoms with Gasteiger partial charge in [0.25, 0.3) is 5.91 Å². The smallest absolute Gasteiger partial charge is 0.257 e. The lowest BCUT2D eigenvalue weighted by Crippen LogP contribution is -2.22. The molecule has 2 aromatic carbocycles. The summed E-state index contributed by atoms with van der Waals surface area (Å²) in [6.45, 7) is 0. The first-order valence-electron chi connectivity index (χ1n) is 8.63. The summed E-state index contributed by atoms with van der Waals surface area (Å²) in [4.78, 5) is 19.9. The summed E-state index contributed by atoms with van der Waals surface area (Å²) in [6, 6.07) is 3.44. The summed E-state index contributed by atoms with van der Waals surface area (Å²) in [5.41, 5.74) is 4.88. The fourth-order valence-electron chi connectivity index (χ4n) is 2.95. The molecule has 1 atom stereocenters. The SMILES string of the molecule is Nc1ncnc2cnn(-c3cc(F)c(NC(=O)[C@H](O)c4cc(F)cc(F)c4)cc3F)c12. The van der Waals surface area contributed by atoms with E-state index >= 15 is 0 Å². The van der Waals surface area contributed by atoms with Crippen molar-refractivity contribution in [2.45, 2.75) is 6.10 Å². The van der Waals surface area contributed by atoms with Gasteiger partial charge in [0.1, 0.15) is 40.5 Å². The molecular formula is C19H12F4N6O2. The van der Waals surface area contributed by atoms with Gasteiger partial charge >= 0.3 is 0 Å². The largest absolute Gasteiger partial charge is 0.382 e. The van der Waals surface area contributed by atoms with E-state index in [0.29, 0.717) is 17.6 Å². The van der Waals surface area contributed by atoms with Crippen LogP contribution in [0.3, 0.4) is 0 Å². The summed E-state index contributed by atoms with van der Waals surface area (Å²) >= 11 is 0. The van der Waals surface area contributed by atoms with E-state index in [-0.39, 0.29) is 17.0 Å². The first-order chi connectivity index (χ1) is 14.7. The van der Waals surface area contributed by atoms with Gasteiger partial charge in [0, 0.05) is 18.2 Å². The maximum Gasteiger partial charge on any atom is 0.257 e. The Balaban J connectivity index is 1.65. The van der Waals surface area contributed by atoms with Crippen LogP contribution in [-0.2, 0) is 4.79 Å². The molecule has 0 aliphatic rings. The molecule has 0 radical (unpaired) electrons. The van der Waals surface area contributed by atoms with Gasteiger partial charge in [-0.1, -0.05) is 0 Å². The van der Waals surface area contributed by atoms with Crippen molar-refractivity contribution in [3.63, 3.8) is 0 Å². The van der Waals surface area contributed by atoms with Gasteiger partial charge in [-0.05, 0) is 17.7 Å². The predicted octanol–water partition coefficient (Wildman–Crippen LogP) is 2.63. The summed E-state index contributed by atoms with van der Waals surface area (Å²) in [5, 5.41) is 15.9. The van der Waals surface area contributed by atoms with Crippen molar-refractivity contribution in [2.75, 3.05) is 11.1 Å². The molecule has 12 heteroatoms. The van der Waals surface area contributed by atoms with Crippen LogP contribution in [0.4, 0.5) is 29.1 Å². The van der Waals surface area contributed by atoms with Crippen molar-refractivity contribution in [2.24, 2.45) is 0 Å². The minimum atomic E-state index is -2.03. The van der Waals surface area contributed by atoms with Gasteiger partial charge in [-0.15, -0.1) is 0 Å². The number of aliphatic hydroxyl groups is 1. The van der Waals surface area contributed by atoms with Gasteiger partial charge in [-0.2, -0.15) is 5.10 Å². The first-order valence-corrected chi connectivity index (χ1v) is 8.63. The van der Waals surface area contributed by atoms with Crippen molar-refractivity contribution in [3.8, 4) is 5.69 Å². The second-order valence-electron chi connectivity index (χ2n) is 6.43. The third kappa shape index (κ3) is 3.75. The Morgan fingerprint density at radius 3 is 2.45 bits per heavy atom. The zero-order valence-corrected chi connectivity index (χ0v) is 15.4. The second kappa shape index (κ2) is 7.65. The number of hydrogen-bond donors (Lipinski definition) is 3. The molecule has 0 aliphatic carbocycles. The number of nitrogens with one attached hydrogen (secondary N) is 1. The highest BCUT2D eigenvalue weighted by Crippen LogP contribution is 2.27. The lowest BCUT2D eigenvalue weighted by Gasteiger charge is -2.14. The molecule has 2 heterocycles. The van der Waals surface area contributed by atoms with E-state index in [1.54, 1.807) is 0 Å². The number of carbonyl (C=O) groups excluding carboxylic acids is 1. The number of anilines is 2. The maximum absolute atomic E-state index is 14.7. The number of amides is 1. The zero-order chi connectivity index (χ0) is 22.3. The van der Waals surface area contributed by atoms with Crippen molar-refractivity contribution in [3.05, 3.63) is 71.7 Å². The standard InChI is InChI=1S/C19H12F4N6O2/c20-9-1-8(2-10(21)3-9)17(30)19(31)28-13-4-12(23)15(5-11(13)22)29-16-14(6-27-29)25-7-26-18(16)24/h1-7,17,30H,(H,28,31)(H2,24,25,26)/t17-/m1/s1. The maximum atomic E-state index is 14.7. The quantitative estimate of drug-likeness (QED) is 0.427. The lowest BCUT2D eigenvalue weighted by atomic mass is 10.1. The summed E-state index contributed by atoms with van der Waals surface area (Å²) in [5.74, 6) is -5.32. The first kappa shape index (κ1) is 20.2. The third-order valence-corrected chi connectivity index (χ3v) is 4.36. The molecule has 0 bridgehead atoms. The van der Waals surface area contributed by atoms with E-state index in [0.717, 1.165) is 22.9 Å². The third-order valence-electron chi connectivity index (χ3n) is 4.36. The van der Waals surface area contributed by atoms with E-state index in [9.17, 15) is 27.5 Å². The number of aromatic nitrogens is 4. The van der Waals surface area contributed by atoms with Crippen LogP contribution in [0.25, 0.3) is 16.7 Å². The number of carbonyl (C=O) groups is 1. The van der Waals surface area contributed by atoms with E-state index in [1.807, 2.05) is 5.32 Å². The Morgan fingerprint density at radius 2 is 1.74 bits per heavy atom. The lowest BCUT2D eigenvalue weighted by molar-refractivity contribution is -0.124. The number of rotatable bonds is 4. The summed E-state index contributed by atoms with van der Waals surface area (Å²) < 4.78 is 56.9. The van der Waals surface area contributed by atoms with Gasteiger partial charge in [-0.25, -0.2) is 32.2 Å². The minimum absolute atomic E-state index is 0.00913. The fourth-order valence-corrected chi connectivity index (χ4v) is 2.95. The molecule has 0 aliphatic heterocycles. The van der Waals surface area contributed by atoms with E-state index in [1.165, 1.54) is 12.5 Å². The van der Waals surface area contributed by atoms with Gasteiger partial charge in [0.15, 0.2) is 17.7 Å². The molecule has 0 fully saturated rings. The van der Waals surface area contributed by atoms with Crippen LogP contribution in [0.1, 0.15) is 11.7 Å². The van der Waals surface area contributed by atoms with Crippen LogP contribution in [0.15, 0.2) is 42.9 Å². The van der Waals surface area contributed by atoms with Gasteiger partial charge in [0.2, 0.25) is 0 Å². The average molecular weight is 432 g/mol. The number of nitrogens with two attached hydrogens (primary N) is 1. The monoisotopic (exact) mass is 432 g/mol. The molecule has 0 saturated heterocycles. The zero-order valence-electron chi connectivity index (χ0n) is 15.4. The fraction of sp³-hybridized carbons (Fsp3) is 0.0526. The molecule has 0 saturated carbocycles. The molecular weight excluding hydrogens is 420 g/mol. The number of fused-ring (bicyclic) bond motifs is 1. The van der Waals surface area contributed by atoms with Crippen LogP contribution < -0.4 is 11.1 Å². The predicted molar refractivity (Wildman–Crippen MR) is 101 cm³/mol. The van der Waals surface area contributed by atoms with E-state index in [4.69, 9.17) is 5.73 Å². The Kier molecular flexibility index (Phi) is 4.99. The van der Waals surface area contributed by atoms with Crippen molar-refractivity contribution < 1.29 is 27.5 Å². The Morgan fingerprint density at radius 1 is 1.03 bits per heavy atom. The molecule has 0 spiro atoms. The molecule has 4 aromatic rings. The molecule has 31 heavy (non-hydrogen) atoms. The van der Waals surface area contributed by atoms with Crippen LogP contribution >= 0.6 is 0 Å². The Hall–Kier alpha value is -4.06. The Labute approximate surface area is 171 Å². The van der Waals surface area contributed by atoms with Crippen molar-refractivity contribution in [1.82, 2.24) is 19.7 Å². The summed E-state index contributed by atoms with van der Waals surface area (Å²) in [7, 11) is 0. The number of benzene rings is 2. The van der Waals surface area contributed by atoms with E-state index in [2.05, 4.69) is 15.1 Å².